The summed E-state index contributed by atoms with van der Waals surface area (Å²) in [5, 5.41) is 3.26. The number of benzene rings is 2. The first kappa shape index (κ1) is 29.6. The van der Waals surface area contributed by atoms with Crippen LogP contribution < -0.4 is 9.62 Å². The monoisotopic (exact) mass is 539 g/mol. The third-order valence-electron chi connectivity index (χ3n) is 5.96. The molecule has 1 atom stereocenters. The second kappa shape index (κ2) is 13.6. The van der Waals surface area contributed by atoms with Gasteiger partial charge in [0.2, 0.25) is 21.8 Å². The largest absolute Gasteiger partial charge is 0.354 e. The molecule has 2 amide bonds. The number of nitrogens with zero attached hydrogens (tertiary/aromatic N) is 2. The highest BCUT2D eigenvalue weighted by Crippen LogP contribution is 2.28. The Bertz CT molecular complexity index is 1160. The molecular formula is C26H35ClFN3O4S. The molecule has 0 aromatic heterocycles. The lowest BCUT2D eigenvalue weighted by Gasteiger charge is -2.30. The van der Waals surface area contributed by atoms with Crippen LogP contribution in [0.1, 0.15) is 50.7 Å². The van der Waals surface area contributed by atoms with Crippen LogP contribution in [0.5, 0.6) is 0 Å². The van der Waals surface area contributed by atoms with Crippen LogP contribution in [-0.4, -0.2) is 50.5 Å². The molecule has 0 heterocycles. The van der Waals surface area contributed by atoms with E-state index in [1.165, 1.54) is 15.3 Å². The van der Waals surface area contributed by atoms with Crippen LogP contribution in [-0.2, 0) is 26.2 Å². The number of carbonyl (C=O) groups excluding carboxylic acids is 2. The van der Waals surface area contributed by atoms with E-state index in [1.807, 2.05) is 6.92 Å². The molecule has 7 nitrogen and oxygen atoms in total. The Kier molecular flexibility index (Phi) is 11.2. The summed E-state index contributed by atoms with van der Waals surface area (Å²) in [6.07, 6.45) is 3.00. The third kappa shape index (κ3) is 8.20. The highest BCUT2D eigenvalue weighted by atomic mass is 35.5. The van der Waals surface area contributed by atoms with Gasteiger partial charge in [-0.2, -0.15) is 0 Å². The first-order valence-corrected chi connectivity index (χ1v) is 14.2. The van der Waals surface area contributed by atoms with Crippen molar-refractivity contribution in [1.82, 2.24) is 10.2 Å². The lowest BCUT2D eigenvalue weighted by atomic mass is 10.1. The molecule has 0 bridgehead atoms. The fraction of sp³-hybridized carbons (Fsp3) is 0.462. The fourth-order valence-corrected chi connectivity index (χ4v) is 4.96. The van der Waals surface area contributed by atoms with Crippen molar-refractivity contribution in [1.29, 1.82) is 0 Å². The zero-order valence-corrected chi connectivity index (χ0v) is 22.8. The average Bonchev–Trinajstić information content (AvgIpc) is 2.82. The van der Waals surface area contributed by atoms with Gasteiger partial charge in [0.15, 0.2) is 0 Å². The van der Waals surface area contributed by atoms with Crippen molar-refractivity contribution in [2.75, 3.05) is 23.7 Å². The van der Waals surface area contributed by atoms with Gasteiger partial charge in [0.25, 0.3) is 0 Å². The van der Waals surface area contributed by atoms with Gasteiger partial charge >= 0.3 is 0 Å². The maximum atomic E-state index is 14.4. The van der Waals surface area contributed by atoms with Gasteiger partial charge in [-0.25, -0.2) is 12.8 Å². The Balaban J connectivity index is 2.19. The van der Waals surface area contributed by atoms with Crippen molar-refractivity contribution < 1.29 is 22.4 Å². The Morgan fingerprint density at radius 2 is 1.81 bits per heavy atom. The summed E-state index contributed by atoms with van der Waals surface area (Å²) in [6.45, 7) is 5.82. The Morgan fingerprint density at radius 1 is 1.11 bits per heavy atom. The quantitative estimate of drug-likeness (QED) is 0.375. The van der Waals surface area contributed by atoms with E-state index in [-0.39, 0.29) is 37.7 Å². The van der Waals surface area contributed by atoms with Gasteiger partial charge in [-0.15, -0.1) is 0 Å². The van der Waals surface area contributed by atoms with E-state index in [4.69, 9.17) is 11.6 Å². The van der Waals surface area contributed by atoms with Crippen molar-refractivity contribution in [2.24, 2.45) is 0 Å². The summed E-state index contributed by atoms with van der Waals surface area (Å²) in [6, 6.07) is 10.3. The maximum absolute atomic E-state index is 14.4. The van der Waals surface area contributed by atoms with Crippen LogP contribution >= 0.6 is 11.6 Å². The minimum atomic E-state index is -3.64. The Morgan fingerprint density at radius 3 is 2.44 bits per heavy atom. The van der Waals surface area contributed by atoms with E-state index in [0.717, 1.165) is 19.1 Å². The first-order valence-electron chi connectivity index (χ1n) is 12.0. The van der Waals surface area contributed by atoms with Crippen molar-refractivity contribution in [3.05, 3.63) is 64.4 Å². The van der Waals surface area contributed by atoms with Gasteiger partial charge in [0, 0.05) is 36.6 Å². The Labute approximate surface area is 218 Å². The minimum absolute atomic E-state index is 0.0212. The van der Waals surface area contributed by atoms with E-state index < -0.39 is 21.9 Å². The molecule has 36 heavy (non-hydrogen) atoms. The van der Waals surface area contributed by atoms with Gasteiger partial charge in [-0.3, -0.25) is 13.9 Å². The van der Waals surface area contributed by atoms with E-state index in [0.29, 0.717) is 28.4 Å². The second-order valence-electron chi connectivity index (χ2n) is 8.76. The predicted molar refractivity (Wildman–Crippen MR) is 142 cm³/mol. The number of carbonyl (C=O) groups is 2. The summed E-state index contributed by atoms with van der Waals surface area (Å²) in [5.74, 6) is -1.15. The maximum Gasteiger partial charge on any atom is 0.242 e. The molecule has 2 rings (SSSR count). The average molecular weight is 540 g/mol. The predicted octanol–water partition coefficient (Wildman–Crippen LogP) is 4.67. The molecule has 0 fully saturated rings. The van der Waals surface area contributed by atoms with Gasteiger partial charge < -0.3 is 10.2 Å². The van der Waals surface area contributed by atoms with Crippen LogP contribution in [0, 0.1) is 12.7 Å². The van der Waals surface area contributed by atoms with E-state index in [9.17, 15) is 22.4 Å². The van der Waals surface area contributed by atoms with E-state index in [2.05, 4.69) is 5.32 Å². The number of hydrogen-bond donors (Lipinski definition) is 1. The summed E-state index contributed by atoms with van der Waals surface area (Å²) >= 11 is 6.18. The van der Waals surface area contributed by atoms with Gasteiger partial charge in [-0.1, -0.05) is 49.2 Å². The van der Waals surface area contributed by atoms with Crippen LogP contribution in [0.2, 0.25) is 5.02 Å². The van der Waals surface area contributed by atoms with Gasteiger partial charge in [-0.05, 0) is 50.5 Å². The Hall–Kier alpha value is -2.65. The molecule has 0 aliphatic carbocycles. The number of rotatable bonds is 13. The van der Waals surface area contributed by atoms with Crippen LogP contribution in [0.25, 0.3) is 0 Å². The van der Waals surface area contributed by atoms with Crippen LogP contribution in [0.4, 0.5) is 10.1 Å². The van der Waals surface area contributed by atoms with Gasteiger partial charge in [0.1, 0.15) is 11.9 Å². The summed E-state index contributed by atoms with van der Waals surface area (Å²) in [7, 11) is -3.64. The first-order chi connectivity index (χ1) is 17.0. The standard InChI is InChI=1S/C26H35ClFN3O4S/c1-5-6-16-29-26(33)20(3)30(18-21-11-7-8-13-23(21)28)25(32)15-10-17-31(36(4,34)35)24-14-9-12-22(27)19(24)2/h7-9,11-14,20H,5-6,10,15-18H2,1-4H3,(H,29,33). The number of unbranched alkanes of at least 4 members (excludes halogenated alkanes) is 1. The molecule has 0 saturated carbocycles. The molecule has 2 aromatic carbocycles. The number of sulfonamides is 1. The highest BCUT2D eigenvalue weighted by Gasteiger charge is 2.27. The van der Waals surface area contributed by atoms with E-state index in [1.54, 1.807) is 50.2 Å². The summed E-state index contributed by atoms with van der Waals surface area (Å²) in [5.41, 5.74) is 1.37. The number of anilines is 1. The molecule has 0 saturated heterocycles. The van der Waals surface area contributed by atoms with Crippen molar-refractivity contribution in [3.8, 4) is 0 Å². The summed E-state index contributed by atoms with van der Waals surface area (Å²) in [4.78, 5) is 27.3. The lowest BCUT2D eigenvalue weighted by Crippen LogP contribution is -2.48. The molecule has 1 N–H and O–H groups in total. The number of nitrogens with one attached hydrogen (secondary N) is 1. The number of hydrogen-bond acceptors (Lipinski definition) is 4. The molecule has 0 aliphatic rings. The smallest absolute Gasteiger partial charge is 0.242 e. The third-order valence-corrected chi connectivity index (χ3v) is 7.54. The molecule has 2 aromatic rings. The second-order valence-corrected chi connectivity index (χ2v) is 11.1. The summed E-state index contributed by atoms with van der Waals surface area (Å²) < 4.78 is 40.6. The molecule has 0 radical (unpaired) electrons. The molecule has 0 aliphatic heterocycles. The normalized spacial score (nSPS) is 12.2. The molecule has 0 spiro atoms. The highest BCUT2D eigenvalue weighted by molar-refractivity contribution is 7.92. The van der Waals surface area contributed by atoms with Gasteiger partial charge in [0.05, 0.1) is 11.9 Å². The fourth-order valence-electron chi connectivity index (χ4n) is 3.78. The number of amides is 2. The van der Waals surface area contributed by atoms with Crippen molar-refractivity contribution >= 4 is 39.1 Å². The van der Waals surface area contributed by atoms with Crippen molar-refractivity contribution in [3.63, 3.8) is 0 Å². The van der Waals surface area contributed by atoms with Crippen LogP contribution in [0.15, 0.2) is 42.5 Å². The molecule has 10 heteroatoms. The number of halogens is 2. The molecule has 1 unspecified atom stereocenters. The van der Waals surface area contributed by atoms with Crippen molar-refractivity contribution in [2.45, 2.75) is 59.0 Å². The van der Waals surface area contributed by atoms with Crippen LogP contribution in [0.3, 0.4) is 0 Å². The SMILES string of the molecule is CCCCNC(=O)C(C)N(Cc1ccccc1F)C(=O)CCCN(c1cccc(Cl)c1C)S(C)(=O)=O. The topological polar surface area (TPSA) is 86.8 Å². The minimum Gasteiger partial charge on any atom is -0.354 e. The van der Waals surface area contributed by atoms with E-state index >= 15 is 0 Å². The zero-order valence-electron chi connectivity index (χ0n) is 21.3. The molecule has 198 valence electrons. The molecular weight excluding hydrogens is 505 g/mol. The lowest BCUT2D eigenvalue weighted by molar-refractivity contribution is -0.140. The zero-order chi connectivity index (χ0) is 26.9.